The van der Waals surface area contributed by atoms with Crippen LogP contribution in [-0.2, 0) is 0 Å². The molecule has 120 valence electrons. The normalized spacial score (nSPS) is 10.6. The van der Waals surface area contributed by atoms with Crippen molar-refractivity contribution in [2.24, 2.45) is 0 Å². The number of amides is 2. The van der Waals surface area contributed by atoms with Gasteiger partial charge in [-0.2, -0.15) is 0 Å². The molecule has 0 bridgehead atoms. The van der Waals surface area contributed by atoms with Gasteiger partial charge in [0.2, 0.25) is 0 Å². The molecule has 0 saturated heterocycles. The molecule has 0 rings (SSSR count). The van der Waals surface area contributed by atoms with Crippen molar-refractivity contribution in [2.45, 2.75) is 71.6 Å². The Hall–Kier alpha value is -0.770. The molecule has 0 aliphatic carbocycles. The van der Waals surface area contributed by atoms with E-state index in [4.69, 9.17) is 5.11 Å². The number of hydrogen-bond donors (Lipinski definition) is 2. The SMILES string of the molecule is CCCCCCCCCCCN(CCO)C(=O)NCC. The lowest BCUT2D eigenvalue weighted by atomic mass is 10.1. The smallest absolute Gasteiger partial charge is 0.317 e. The van der Waals surface area contributed by atoms with Crippen molar-refractivity contribution >= 4 is 6.03 Å². The maximum absolute atomic E-state index is 11.7. The molecule has 4 nitrogen and oxygen atoms in total. The first-order chi connectivity index (χ1) is 9.76. The van der Waals surface area contributed by atoms with Gasteiger partial charge in [0.15, 0.2) is 0 Å². The van der Waals surface area contributed by atoms with Gasteiger partial charge in [0.1, 0.15) is 0 Å². The topological polar surface area (TPSA) is 52.6 Å². The van der Waals surface area contributed by atoms with E-state index in [2.05, 4.69) is 12.2 Å². The maximum atomic E-state index is 11.7. The van der Waals surface area contributed by atoms with Crippen molar-refractivity contribution in [1.29, 1.82) is 0 Å². The van der Waals surface area contributed by atoms with E-state index in [0.717, 1.165) is 13.0 Å². The average Bonchev–Trinajstić information content (AvgIpc) is 2.44. The lowest BCUT2D eigenvalue weighted by molar-refractivity contribution is 0.176. The number of nitrogens with one attached hydrogen (secondary N) is 1. The van der Waals surface area contributed by atoms with Crippen molar-refractivity contribution in [3.05, 3.63) is 0 Å². The molecule has 0 fully saturated rings. The zero-order valence-corrected chi connectivity index (χ0v) is 13.5. The molecule has 0 unspecified atom stereocenters. The fourth-order valence-corrected chi connectivity index (χ4v) is 2.31. The van der Waals surface area contributed by atoms with Crippen LogP contribution in [0.2, 0.25) is 0 Å². The lowest BCUT2D eigenvalue weighted by Gasteiger charge is -2.21. The van der Waals surface area contributed by atoms with Crippen LogP contribution >= 0.6 is 0 Å². The van der Waals surface area contributed by atoms with Crippen molar-refractivity contribution in [3.8, 4) is 0 Å². The van der Waals surface area contributed by atoms with Crippen LogP contribution in [0.3, 0.4) is 0 Å². The Bertz CT molecular complexity index is 223. The summed E-state index contributed by atoms with van der Waals surface area (Å²) in [7, 11) is 0. The summed E-state index contributed by atoms with van der Waals surface area (Å²) < 4.78 is 0. The Balaban J connectivity index is 3.51. The molecular formula is C16H34N2O2. The second-order valence-electron chi connectivity index (χ2n) is 5.37. The Kier molecular flexibility index (Phi) is 14.1. The average molecular weight is 286 g/mol. The molecule has 2 N–H and O–H groups in total. The molecular weight excluding hydrogens is 252 g/mol. The molecule has 0 aliphatic rings. The summed E-state index contributed by atoms with van der Waals surface area (Å²) in [6.07, 6.45) is 11.5. The fraction of sp³-hybridized carbons (Fsp3) is 0.938. The molecule has 0 heterocycles. The minimum absolute atomic E-state index is 0.0363. The zero-order valence-electron chi connectivity index (χ0n) is 13.5. The van der Waals surface area contributed by atoms with Crippen LogP contribution in [0.15, 0.2) is 0 Å². The number of aliphatic hydroxyl groups is 1. The summed E-state index contributed by atoms with van der Waals surface area (Å²) >= 11 is 0. The molecule has 0 aromatic rings. The van der Waals surface area contributed by atoms with Crippen LogP contribution in [0, 0.1) is 0 Å². The van der Waals surface area contributed by atoms with E-state index in [1.807, 2.05) is 6.92 Å². The third-order valence-corrected chi connectivity index (χ3v) is 3.52. The summed E-state index contributed by atoms with van der Waals surface area (Å²) in [5.74, 6) is 0. The summed E-state index contributed by atoms with van der Waals surface area (Å²) in [6.45, 7) is 6.01. The van der Waals surface area contributed by atoms with Crippen LogP contribution in [0.1, 0.15) is 71.6 Å². The highest BCUT2D eigenvalue weighted by molar-refractivity contribution is 5.74. The van der Waals surface area contributed by atoms with Crippen LogP contribution in [0.5, 0.6) is 0 Å². The van der Waals surface area contributed by atoms with Gasteiger partial charge in [0.05, 0.1) is 6.61 Å². The van der Waals surface area contributed by atoms with E-state index < -0.39 is 0 Å². The number of unbranched alkanes of at least 4 members (excludes halogenated alkanes) is 8. The number of rotatable bonds is 13. The molecule has 0 aromatic carbocycles. The highest BCUT2D eigenvalue weighted by atomic mass is 16.3. The first kappa shape index (κ1) is 19.2. The van der Waals surface area contributed by atoms with Crippen molar-refractivity contribution < 1.29 is 9.90 Å². The first-order valence-electron chi connectivity index (χ1n) is 8.39. The minimum atomic E-state index is -0.0545. The molecule has 0 atom stereocenters. The first-order valence-corrected chi connectivity index (χ1v) is 8.39. The summed E-state index contributed by atoms with van der Waals surface area (Å²) in [6, 6.07) is -0.0545. The number of carbonyl (C=O) groups excluding carboxylic acids is 1. The van der Waals surface area contributed by atoms with Crippen LogP contribution in [-0.4, -0.2) is 42.3 Å². The van der Waals surface area contributed by atoms with Crippen molar-refractivity contribution in [2.75, 3.05) is 26.2 Å². The van der Waals surface area contributed by atoms with Crippen LogP contribution < -0.4 is 5.32 Å². The largest absolute Gasteiger partial charge is 0.395 e. The molecule has 4 heteroatoms. The van der Waals surface area contributed by atoms with Gasteiger partial charge < -0.3 is 15.3 Å². The standard InChI is InChI=1S/C16H34N2O2/c1-3-5-6-7-8-9-10-11-12-13-18(14-15-19)16(20)17-4-2/h19H,3-15H2,1-2H3,(H,17,20). The highest BCUT2D eigenvalue weighted by Crippen LogP contribution is 2.09. The number of urea groups is 1. The Morgan fingerprint density at radius 1 is 0.900 bits per heavy atom. The Labute approximate surface area is 124 Å². The van der Waals surface area contributed by atoms with Gasteiger partial charge in [-0.15, -0.1) is 0 Å². The minimum Gasteiger partial charge on any atom is -0.395 e. The molecule has 0 aromatic heterocycles. The molecule has 0 saturated carbocycles. The summed E-state index contributed by atoms with van der Waals surface area (Å²) in [5.41, 5.74) is 0. The summed E-state index contributed by atoms with van der Waals surface area (Å²) in [4.78, 5) is 13.4. The van der Waals surface area contributed by atoms with E-state index in [1.165, 1.54) is 51.4 Å². The van der Waals surface area contributed by atoms with E-state index in [0.29, 0.717) is 13.1 Å². The van der Waals surface area contributed by atoms with Crippen LogP contribution in [0.4, 0.5) is 4.79 Å². The van der Waals surface area contributed by atoms with Gasteiger partial charge in [0, 0.05) is 19.6 Å². The molecule has 20 heavy (non-hydrogen) atoms. The predicted molar refractivity (Wildman–Crippen MR) is 85.0 cm³/mol. The Morgan fingerprint density at radius 2 is 1.45 bits per heavy atom. The van der Waals surface area contributed by atoms with Crippen molar-refractivity contribution in [3.63, 3.8) is 0 Å². The second kappa shape index (κ2) is 14.6. The quantitative estimate of drug-likeness (QED) is 0.509. The summed E-state index contributed by atoms with van der Waals surface area (Å²) in [5, 5.41) is 11.8. The second-order valence-corrected chi connectivity index (χ2v) is 5.37. The van der Waals surface area contributed by atoms with Gasteiger partial charge in [-0.1, -0.05) is 58.3 Å². The third-order valence-electron chi connectivity index (χ3n) is 3.52. The lowest BCUT2D eigenvalue weighted by Crippen LogP contribution is -2.41. The fourth-order valence-electron chi connectivity index (χ4n) is 2.31. The molecule has 0 radical (unpaired) electrons. The highest BCUT2D eigenvalue weighted by Gasteiger charge is 2.10. The Morgan fingerprint density at radius 3 is 1.95 bits per heavy atom. The van der Waals surface area contributed by atoms with Crippen LogP contribution in [0.25, 0.3) is 0 Å². The van der Waals surface area contributed by atoms with Gasteiger partial charge in [0.25, 0.3) is 0 Å². The molecule has 0 aliphatic heterocycles. The van der Waals surface area contributed by atoms with E-state index in [9.17, 15) is 4.79 Å². The van der Waals surface area contributed by atoms with E-state index in [1.54, 1.807) is 4.90 Å². The third kappa shape index (κ3) is 11.1. The molecule has 0 spiro atoms. The monoisotopic (exact) mass is 286 g/mol. The van der Waals surface area contributed by atoms with Gasteiger partial charge in [-0.05, 0) is 13.3 Å². The predicted octanol–water partition coefficient (Wildman–Crippen LogP) is 3.54. The van der Waals surface area contributed by atoms with Gasteiger partial charge in [-0.25, -0.2) is 4.79 Å². The molecule has 2 amide bonds. The number of hydrogen-bond acceptors (Lipinski definition) is 2. The van der Waals surface area contributed by atoms with E-state index >= 15 is 0 Å². The van der Waals surface area contributed by atoms with Crippen molar-refractivity contribution in [1.82, 2.24) is 10.2 Å². The number of aliphatic hydroxyl groups excluding tert-OH is 1. The number of nitrogens with zero attached hydrogens (tertiary/aromatic N) is 1. The maximum Gasteiger partial charge on any atom is 0.317 e. The number of carbonyl (C=O) groups is 1. The van der Waals surface area contributed by atoms with Gasteiger partial charge >= 0.3 is 6.03 Å². The van der Waals surface area contributed by atoms with Gasteiger partial charge in [-0.3, -0.25) is 0 Å². The zero-order chi connectivity index (χ0) is 15.1. The van der Waals surface area contributed by atoms with E-state index in [-0.39, 0.29) is 12.6 Å².